The Kier molecular flexibility index (Phi) is 2.53. The second kappa shape index (κ2) is 4.03. The van der Waals surface area contributed by atoms with Crippen LogP contribution in [0.5, 0.6) is 0 Å². The number of H-pyrrole nitrogens is 1. The lowest BCUT2D eigenvalue weighted by atomic mass is 10.1. The second-order valence-corrected chi connectivity index (χ2v) is 4.50. The number of benzene rings is 1. The van der Waals surface area contributed by atoms with Gasteiger partial charge < -0.3 is 15.2 Å². The Morgan fingerprint density at radius 1 is 1.25 bits per heavy atom. The number of alkyl halides is 3. The summed E-state index contributed by atoms with van der Waals surface area (Å²) in [4.78, 5) is 3.02. The summed E-state index contributed by atoms with van der Waals surface area (Å²) in [6, 6.07) is 5.02. The number of aromatic nitrogens is 2. The van der Waals surface area contributed by atoms with E-state index in [4.69, 9.17) is 10.3 Å². The van der Waals surface area contributed by atoms with Crippen molar-refractivity contribution in [3.63, 3.8) is 0 Å². The van der Waals surface area contributed by atoms with Crippen molar-refractivity contribution in [3.8, 4) is 11.3 Å². The SMILES string of the molecule is Cc1[nH]c2ccc(C(F)(F)F)cc2c1-c1cc(N)on1. The third kappa shape index (κ3) is 1.91. The maximum Gasteiger partial charge on any atom is 0.416 e. The molecule has 0 aliphatic carbocycles. The molecule has 7 heteroatoms. The van der Waals surface area contributed by atoms with Gasteiger partial charge in [0, 0.05) is 28.2 Å². The van der Waals surface area contributed by atoms with Gasteiger partial charge in [0.05, 0.1) is 5.56 Å². The van der Waals surface area contributed by atoms with Crippen LogP contribution in [0.4, 0.5) is 19.1 Å². The molecule has 3 N–H and O–H groups in total. The van der Waals surface area contributed by atoms with E-state index >= 15 is 0 Å². The van der Waals surface area contributed by atoms with Crippen LogP contribution < -0.4 is 5.73 Å². The van der Waals surface area contributed by atoms with Gasteiger partial charge in [0.2, 0.25) is 5.88 Å². The first-order valence-corrected chi connectivity index (χ1v) is 5.78. The van der Waals surface area contributed by atoms with E-state index in [0.717, 1.165) is 12.1 Å². The standard InChI is InChI=1S/C13H10F3N3O/c1-6-12(10-5-11(17)20-19-10)8-4-7(13(14,15)16)2-3-9(8)18-6/h2-5,18H,17H2,1H3. The molecule has 0 bridgehead atoms. The van der Waals surface area contributed by atoms with Crippen LogP contribution in [0, 0.1) is 6.92 Å². The van der Waals surface area contributed by atoms with Gasteiger partial charge in [-0.3, -0.25) is 0 Å². The monoisotopic (exact) mass is 281 g/mol. The summed E-state index contributed by atoms with van der Waals surface area (Å²) in [6.07, 6.45) is -4.39. The molecule has 20 heavy (non-hydrogen) atoms. The Labute approximate surface area is 111 Å². The van der Waals surface area contributed by atoms with Gasteiger partial charge in [-0.2, -0.15) is 13.2 Å². The van der Waals surface area contributed by atoms with Gasteiger partial charge in [-0.15, -0.1) is 0 Å². The van der Waals surface area contributed by atoms with Gasteiger partial charge >= 0.3 is 6.18 Å². The lowest BCUT2D eigenvalue weighted by molar-refractivity contribution is -0.137. The predicted octanol–water partition coefficient (Wildman–Crippen LogP) is 3.73. The molecule has 3 aromatic rings. The van der Waals surface area contributed by atoms with Crippen molar-refractivity contribution in [1.82, 2.24) is 10.1 Å². The van der Waals surface area contributed by atoms with E-state index in [-0.39, 0.29) is 5.88 Å². The minimum Gasteiger partial charge on any atom is -0.368 e. The van der Waals surface area contributed by atoms with Gasteiger partial charge in [0.1, 0.15) is 5.69 Å². The zero-order valence-corrected chi connectivity index (χ0v) is 10.4. The fourth-order valence-electron chi connectivity index (χ4n) is 2.24. The number of nitrogens with two attached hydrogens (primary N) is 1. The van der Waals surface area contributed by atoms with Crippen LogP contribution in [0.2, 0.25) is 0 Å². The van der Waals surface area contributed by atoms with Gasteiger partial charge in [0.25, 0.3) is 0 Å². The molecular weight excluding hydrogens is 271 g/mol. The first-order chi connectivity index (χ1) is 9.36. The lowest BCUT2D eigenvalue weighted by Gasteiger charge is -2.06. The number of anilines is 1. The van der Waals surface area contributed by atoms with Crippen LogP contribution in [0.15, 0.2) is 28.8 Å². The molecule has 2 aromatic heterocycles. The molecule has 0 saturated heterocycles. The number of aryl methyl sites for hydroxylation is 1. The lowest BCUT2D eigenvalue weighted by Crippen LogP contribution is -2.04. The van der Waals surface area contributed by atoms with Crippen molar-refractivity contribution in [3.05, 3.63) is 35.5 Å². The number of nitrogens with zero attached hydrogens (tertiary/aromatic N) is 1. The van der Waals surface area contributed by atoms with Crippen molar-refractivity contribution in [2.75, 3.05) is 5.73 Å². The molecule has 0 saturated carbocycles. The number of nitrogen functional groups attached to an aromatic ring is 1. The largest absolute Gasteiger partial charge is 0.416 e. The maximum atomic E-state index is 12.8. The Morgan fingerprint density at radius 2 is 2.00 bits per heavy atom. The average molecular weight is 281 g/mol. The molecule has 2 heterocycles. The molecular formula is C13H10F3N3O. The predicted molar refractivity (Wildman–Crippen MR) is 67.9 cm³/mol. The maximum absolute atomic E-state index is 12.8. The highest BCUT2D eigenvalue weighted by Crippen LogP contribution is 2.36. The zero-order chi connectivity index (χ0) is 14.5. The summed E-state index contributed by atoms with van der Waals surface area (Å²) < 4.78 is 43.2. The Balaban J connectivity index is 2.28. The van der Waals surface area contributed by atoms with Gasteiger partial charge in [0.15, 0.2) is 0 Å². The number of hydrogen-bond donors (Lipinski definition) is 2. The molecule has 0 aliphatic rings. The number of nitrogens with one attached hydrogen (secondary N) is 1. The summed E-state index contributed by atoms with van der Waals surface area (Å²) in [7, 11) is 0. The Hall–Kier alpha value is -2.44. The van der Waals surface area contributed by atoms with Crippen LogP contribution in [0.1, 0.15) is 11.3 Å². The highest BCUT2D eigenvalue weighted by Gasteiger charge is 2.31. The quantitative estimate of drug-likeness (QED) is 0.714. The summed E-state index contributed by atoms with van der Waals surface area (Å²) >= 11 is 0. The Bertz CT molecular complexity index is 786. The highest BCUT2D eigenvalue weighted by molar-refractivity contribution is 5.97. The molecule has 1 aromatic carbocycles. The van der Waals surface area contributed by atoms with Crippen LogP contribution in [0.25, 0.3) is 22.2 Å². The molecule has 0 radical (unpaired) electrons. The third-order valence-electron chi connectivity index (χ3n) is 3.10. The van der Waals surface area contributed by atoms with E-state index in [9.17, 15) is 13.2 Å². The minimum atomic E-state index is -4.39. The van der Waals surface area contributed by atoms with Crippen molar-refractivity contribution >= 4 is 16.8 Å². The van der Waals surface area contributed by atoms with E-state index in [2.05, 4.69) is 10.1 Å². The number of fused-ring (bicyclic) bond motifs is 1. The Morgan fingerprint density at radius 3 is 2.60 bits per heavy atom. The van der Waals surface area contributed by atoms with Gasteiger partial charge in [-0.05, 0) is 25.1 Å². The highest BCUT2D eigenvalue weighted by atomic mass is 19.4. The average Bonchev–Trinajstić information content (AvgIpc) is 2.89. The fraction of sp³-hybridized carbons (Fsp3) is 0.154. The summed E-state index contributed by atoms with van der Waals surface area (Å²) in [5, 5.41) is 4.20. The molecule has 4 nitrogen and oxygen atoms in total. The number of halogens is 3. The fourth-order valence-corrected chi connectivity index (χ4v) is 2.24. The molecule has 0 spiro atoms. The zero-order valence-electron chi connectivity index (χ0n) is 10.4. The molecule has 0 atom stereocenters. The van der Waals surface area contributed by atoms with Crippen molar-refractivity contribution in [2.24, 2.45) is 0 Å². The molecule has 0 amide bonds. The topological polar surface area (TPSA) is 67.8 Å². The van der Waals surface area contributed by atoms with Crippen molar-refractivity contribution in [1.29, 1.82) is 0 Å². The van der Waals surface area contributed by atoms with E-state index in [1.165, 1.54) is 12.1 Å². The first kappa shape index (κ1) is 12.6. The van der Waals surface area contributed by atoms with Crippen LogP contribution in [-0.4, -0.2) is 10.1 Å². The van der Waals surface area contributed by atoms with Crippen LogP contribution in [0.3, 0.4) is 0 Å². The second-order valence-electron chi connectivity index (χ2n) is 4.50. The number of rotatable bonds is 1. The summed E-state index contributed by atoms with van der Waals surface area (Å²) in [6.45, 7) is 1.76. The normalized spacial score (nSPS) is 12.2. The van der Waals surface area contributed by atoms with E-state index < -0.39 is 11.7 Å². The molecule has 0 unspecified atom stereocenters. The van der Waals surface area contributed by atoms with Gasteiger partial charge in [-0.25, -0.2) is 0 Å². The smallest absolute Gasteiger partial charge is 0.368 e. The van der Waals surface area contributed by atoms with Crippen LogP contribution in [-0.2, 0) is 6.18 Å². The minimum absolute atomic E-state index is 0.112. The van der Waals surface area contributed by atoms with Crippen molar-refractivity contribution in [2.45, 2.75) is 13.1 Å². The third-order valence-corrected chi connectivity index (χ3v) is 3.10. The summed E-state index contributed by atoms with van der Waals surface area (Å²) in [5.74, 6) is 0.112. The van der Waals surface area contributed by atoms with Crippen LogP contribution >= 0.6 is 0 Å². The first-order valence-electron chi connectivity index (χ1n) is 5.78. The van der Waals surface area contributed by atoms with E-state index in [1.54, 1.807) is 6.92 Å². The number of aromatic amines is 1. The molecule has 3 rings (SSSR count). The van der Waals surface area contributed by atoms with E-state index in [0.29, 0.717) is 27.9 Å². The van der Waals surface area contributed by atoms with Crippen molar-refractivity contribution < 1.29 is 17.7 Å². The number of hydrogen-bond acceptors (Lipinski definition) is 3. The summed E-state index contributed by atoms with van der Waals surface area (Å²) in [5.41, 5.74) is 7.03. The van der Waals surface area contributed by atoms with Gasteiger partial charge in [-0.1, -0.05) is 5.16 Å². The molecule has 104 valence electrons. The van der Waals surface area contributed by atoms with E-state index in [1.807, 2.05) is 0 Å². The molecule has 0 fully saturated rings. The molecule has 0 aliphatic heterocycles.